The highest BCUT2D eigenvalue weighted by Gasteiger charge is 2.21. The first kappa shape index (κ1) is 16.8. The second kappa shape index (κ2) is 8.16. The van der Waals surface area contributed by atoms with Gasteiger partial charge in [0.25, 0.3) is 5.91 Å². The standard InChI is InChI=1S/C15H21NO5/c1-5-6-16(7-8-17)15(18)11-9-13(20-3)14(21-4)10-12(11)19-2/h5,9-10,17H,1,6-8H2,2-4H3. The molecule has 6 heteroatoms. The minimum Gasteiger partial charge on any atom is -0.496 e. The highest BCUT2D eigenvalue weighted by molar-refractivity contribution is 5.98. The fraction of sp³-hybridized carbons (Fsp3) is 0.400. The number of aliphatic hydroxyl groups is 1. The number of nitrogens with zero attached hydrogens (tertiary/aromatic N) is 1. The average Bonchev–Trinajstić information content (AvgIpc) is 2.52. The van der Waals surface area contributed by atoms with Gasteiger partial charge in [-0.15, -0.1) is 6.58 Å². The Bertz CT molecular complexity index is 501. The van der Waals surface area contributed by atoms with Gasteiger partial charge in [0.05, 0.1) is 33.5 Å². The van der Waals surface area contributed by atoms with Gasteiger partial charge in [-0.2, -0.15) is 0 Å². The summed E-state index contributed by atoms with van der Waals surface area (Å²) in [4.78, 5) is 14.0. The lowest BCUT2D eigenvalue weighted by Crippen LogP contribution is -2.34. The van der Waals surface area contributed by atoms with E-state index in [0.29, 0.717) is 29.4 Å². The Kier molecular flexibility index (Phi) is 6.55. The molecule has 0 fully saturated rings. The summed E-state index contributed by atoms with van der Waals surface area (Å²) in [6.45, 7) is 4.02. The second-order valence-electron chi connectivity index (χ2n) is 4.17. The molecule has 6 nitrogen and oxygen atoms in total. The van der Waals surface area contributed by atoms with Crippen LogP contribution in [-0.2, 0) is 0 Å². The smallest absolute Gasteiger partial charge is 0.258 e. The number of hydrogen-bond acceptors (Lipinski definition) is 5. The van der Waals surface area contributed by atoms with Crippen molar-refractivity contribution in [3.05, 3.63) is 30.4 Å². The number of benzene rings is 1. The molecule has 0 saturated heterocycles. The molecule has 1 aromatic carbocycles. The first-order valence-corrected chi connectivity index (χ1v) is 6.43. The highest BCUT2D eigenvalue weighted by Crippen LogP contribution is 2.35. The maximum Gasteiger partial charge on any atom is 0.258 e. The summed E-state index contributed by atoms with van der Waals surface area (Å²) in [6, 6.07) is 3.16. The number of amides is 1. The third-order valence-electron chi connectivity index (χ3n) is 2.94. The fourth-order valence-electron chi connectivity index (χ4n) is 1.92. The van der Waals surface area contributed by atoms with E-state index in [4.69, 9.17) is 19.3 Å². The Hall–Kier alpha value is -2.21. The lowest BCUT2D eigenvalue weighted by atomic mass is 10.1. The molecule has 0 aliphatic carbocycles. The van der Waals surface area contributed by atoms with Crippen LogP contribution in [-0.4, -0.2) is 56.9 Å². The van der Waals surface area contributed by atoms with E-state index in [9.17, 15) is 4.79 Å². The number of hydrogen-bond donors (Lipinski definition) is 1. The molecule has 116 valence electrons. The molecule has 1 N–H and O–H groups in total. The average molecular weight is 295 g/mol. The summed E-state index contributed by atoms with van der Waals surface area (Å²) in [5.41, 5.74) is 0.338. The van der Waals surface area contributed by atoms with Gasteiger partial charge in [-0.1, -0.05) is 6.08 Å². The monoisotopic (exact) mass is 295 g/mol. The highest BCUT2D eigenvalue weighted by atomic mass is 16.5. The summed E-state index contributed by atoms with van der Waals surface area (Å²) >= 11 is 0. The van der Waals surface area contributed by atoms with E-state index in [1.165, 1.54) is 26.2 Å². The molecular formula is C15H21NO5. The van der Waals surface area contributed by atoms with Crippen LogP contribution in [0, 0.1) is 0 Å². The van der Waals surface area contributed by atoms with Crippen LogP contribution in [0.4, 0.5) is 0 Å². The van der Waals surface area contributed by atoms with Crippen molar-refractivity contribution in [2.75, 3.05) is 41.0 Å². The molecule has 1 amide bonds. The van der Waals surface area contributed by atoms with Gasteiger partial charge in [-0.25, -0.2) is 0 Å². The Morgan fingerprint density at radius 2 is 1.76 bits per heavy atom. The number of aliphatic hydroxyl groups excluding tert-OH is 1. The second-order valence-corrected chi connectivity index (χ2v) is 4.17. The summed E-state index contributed by atoms with van der Waals surface area (Å²) in [5, 5.41) is 9.06. The van der Waals surface area contributed by atoms with Crippen molar-refractivity contribution in [1.29, 1.82) is 0 Å². The van der Waals surface area contributed by atoms with Crippen LogP contribution in [0.3, 0.4) is 0 Å². The van der Waals surface area contributed by atoms with Crippen molar-refractivity contribution < 1.29 is 24.1 Å². The van der Waals surface area contributed by atoms with Gasteiger partial charge in [0, 0.05) is 25.2 Å². The molecule has 1 aromatic rings. The van der Waals surface area contributed by atoms with E-state index >= 15 is 0 Å². The maximum atomic E-state index is 12.6. The van der Waals surface area contributed by atoms with Crippen molar-refractivity contribution in [3.8, 4) is 17.2 Å². The zero-order valence-corrected chi connectivity index (χ0v) is 12.6. The van der Waals surface area contributed by atoms with Gasteiger partial charge < -0.3 is 24.2 Å². The fourth-order valence-corrected chi connectivity index (χ4v) is 1.92. The van der Waals surface area contributed by atoms with Crippen LogP contribution in [0.25, 0.3) is 0 Å². The Morgan fingerprint density at radius 3 is 2.24 bits per heavy atom. The predicted molar refractivity (Wildman–Crippen MR) is 79.3 cm³/mol. The summed E-state index contributed by atoms with van der Waals surface area (Å²) in [6.07, 6.45) is 1.60. The van der Waals surface area contributed by atoms with Crippen LogP contribution in [0.15, 0.2) is 24.8 Å². The van der Waals surface area contributed by atoms with E-state index in [1.807, 2.05) is 0 Å². The van der Waals surface area contributed by atoms with E-state index in [0.717, 1.165) is 0 Å². The minimum absolute atomic E-state index is 0.130. The zero-order valence-electron chi connectivity index (χ0n) is 12.6. The van der Waals surface area contributed by atoms with Crippen molar-refractivity contribution >= 4 is 5.91 Å². The molecule has 0 radical (unpaired) electrons. The topological polar surface area (TPSA) is 68.2 Å². The maximum absolute atomic E-state index is 12.6. The number of ether oxygens (including phenoxy) is 3. The van der Waals surface area contributed by atoms with Crippen molar-refractivity contribution in [1.82, 2.24) is 4.90 Å². The van der Waals surface area contributed by atoms with Crippen LogP contribution in [0.1, 0.15) is 10.4 Å². The first-order chi connectivity index (χ1) is 10.1. The minimum atomic E-state index is -0.276. The molecule has 0 spiro atoms. The summed E-state index contributed by atoms with van der Waals surface area (Å²) < 4.78 is 15.6. The first-order valence-electron chi connectivity index (χ1n) is 6.43. The molecule has 21 heavy (non-hydrogen) atoms. The normalized spacial score (nSPS) is 9.90. The van der Waals surface area contributed by atoms with Gasteiger partial charge in [0.1, 0.15) is 5.75 Å². The van der Waals surface area contributed by atoms with Crippen LogP contribution >= 0.6 is 0 Å². The number of methoxy groups -OCH3 is 3. The molecule has 0 atom stereocenters. The van der Waals surface area contributed by atoms with E-state index in [1.54, 1.807) is 18.2 Å². The molecule has 0 aromatic heterocycles. The van der Waals surface area contributed by atoms with E-state index in [-0.39, 0.29) is 19.1 Å². The Morgan fingerprint density at radius 1 is 1.19 bits per heavy atom. The van der Waals surface area contributed by atoms with Gasteiger partial charge in [-0.05, 0) is 0 Å². The SMILES string of the molecule is C=CCN(CCO)C(=O)c1cc(OC)c(OC)cc1OC. The van der Waals surface area contributed by atoms with Gasteiger partial charge >= 0.3 is 0 Å². The predicted octanol–water partition coefficient (Wildman–Crippen LogP) is 1.33. The third-order valence-corrected chi connectivity index (χ3v) is 2.94. The molecule has 0 saturated carbocycles. The lowest BCUT2D eigenvalue weighted by Gasteiger charge is -2.22. The largest absolute Gasteiger partial charge is 0.496 e. The molecule has 0 aliphatic rings. The summed E-state index contributed by atoms with van der Waals surface area (Å²) in [5.74, 6) is 1.01. The van der Waals surface area contributed by atoms with Gasteiger partial charge in [-0.3, -0.25) is 4.79 Å². The van der Waals surface area contributed by atoms with Crippen molar-refractivity contribution in [2.24, 2.45) is 0 Å². The molecule has 0 heterocycles. The van der Waals surface area contributed by atoms with E-state index in [2.05, 4.69) is 6.58 Å². The van der Waals surface area contributed by atoms with Crippen molar-refractivity contribution in [2.45, 2.75) is 0 Å². The molecule has 0 aliphatic heterocycles. The molecule has 0 unspecified atom stereocenters. The van der Waals surface area contributed by atoms with Gasteiger partial charge in [0.2, 0.25) is 0 Å². The number of rotatable bonds is 8. The molecule has 0 bridgehead atoms. The van der Waals surface area contributed by atoms with Crippen LogP contribution in [0.2, 0.25) is 0 Å². The number of carbonyl (C=O) groups excluding carboxylic acids is 1. The lowest BCUT2D eigenvalue weighted by molar-refractivity contribution is 0.0739. The Labute approximate surface area is 124 Å². The quantitative estimate of drug-likeness (QED) is 0.733. The zero-order chi connectivity index (χ0) is 15.8. The Balaban J connectivity index is 3.25. The molecule has 1 rings (SSSR count). The molecular weight excluding hydrogens is 274 g/mol. The van der Waals surface area contributed by atoms with Crippen molar-refractivity contribution in [3.63, 3.8) is 0 Å². The summed E-state index contributed by atoms with van der Waals surface area (Å²) in [7, 11) is 4.48. The van der Waals surface area contributed by atoms with E-state index < -0.39 is 0 Å². The number of carbonyl (C=O) groups is 1. The van der Waals surface area contributed by atoms with Gasteiger partial charge in [0.15, 0.2) is 11.5 Å². The van der Waals surface area contributed by atoms with Crippen LogP contribution < -0.4 is 14.2 Å². The third kappa shape index (κ3) is 3.88. The van der Waals surface area contributed by atoms with Crippen LogP contribution in [0.5, 0.6) is 17.2 Å².